The predicted octanol–water partition coefficient (Wildman–Crippen LogP) is 6.78. The lowest BCUT2D eigenvalue weighted by atomic mass is 9.88. The Kier molecular flexibility index (Phi) is 6.45. The summed E-state index contributed by atoms with van der Waals surface area (Å²) >= 11 is 0. The van der Waals surface area contributed by atoms with Gasteiger partial charge >= 0.3 is 5.97 Å². The minimum Gasteiger partial charge on any atom is -0.494 e. The molecule has 9 nitrogen and oxygen atoms in total. The van der Waals surface area contributed by atoms with E-state index in [2.05, 4.69) is 23.7 Å². The molecule has 0 radical (unpaired) electrons. The molecule has 5 heterocycles. The van der Waals surface area contributed by atoms with Gasteiger partial charge in [-0.05, 0) is 49.6 Å². The molecule has 2 N–H and O–H groups in total. The van der Waals surface area contributed by atoms with Gasteiger partial charge in [0.25, 0.3) is 5.91 Å². The minimum absolute atomic E-state index is 0.00163. The van der Waals surface area contributed by atoms with Gasteiger partial charge in [-0.2, -0.15) is 0 Å². The highest BCUT2D eigenvalue weighted by Gasteiger charge is 2.66. The fraction of sp³-hybridized carbons (Fsp3) is 0.444. The molecule has 45 heavy (non-hydrogen) atoms. The van der Waals surface area contributed by atoms with Crippen molar-refractivity contribution in [3.8, 4) is 5.75 Å². The fourth-order valence-corrected chi connectivity index (χ4v) is 7.99. The molecule has 2 aromatic heterocycles. The molecule has 1 saturated heterocycles. The van der Waals surface area contributed by atoms with Gasteiger partial charge in [0.1, 0.15) is 12.0 Å². The normalized spacial score (nSPS) is 23.4. The van der Waals surface area contributed by atoms with Crippen molar-refractivity contribution in [2.45, 2.75) is 89.8 Å². The second kappa shape index (κ2) is 10.2. The molecule has 8 rings (SSSR count). The first-order chi connectivity index (χ1) is 21.8. The number of para-hydroxylation sites is 1. The van der Waals surface area contributed by atoms with E-state index in [-0.39, 0.29) is 18.9 Å². The van der Waals surface area contributed by atoms with Crippen LogP contribution in [0.15, 0.2) is 42.5 Å². The number of amides is 1. The van der Waals surface area contributed by atoms with Crippen LogP contribution in [0.2, 0.25) is 0 Å². The second-order valence-electron chi connectivity index (χ2n) is 12.9. The average molecular weight is 610 g/mol. The molecule has 3 aliphatic heterocycles. The Hall–Kier alpha value is -4.08. The van der Waals surface area contributed by atoms with Crippen molar-refractivity contribution < 1.29 is 28.9 Å². The van der Waals surface area contributed by atoms with Crippen LogP contribution in [0.25, 0.3) is 43.6 Å². The average Bonchev–Trinajstić information content (AvgIpc) is 3.73. The topological polar surface area (TPSA) is 104 Å². The highest BCUT2D eigenvalue weighted by molar-refractivity contribution is 6.31. The van der Waals surface area contributed by atoms with Crippen LogP contribution in [0, 0.1) is 0 Å². The van der Waals surface area contributed by atoms with Crippen LogP contribution in [0.3, 0.4) is 0 Å². The van der Waals surface area contributed by atoms with E-state index in [9.17, 15) is 14.7 Å². The van der Waals surface area contributed by atoms with Gasteiger partial charge in [0.05, 0.1) is 40.8 Å². The number of benzene rings is 3. The lowest BCUT2D eigenvalue weighted by molar-refractivity contribution is -0.204. The van der Waals surface area contributed by atoms with Crippen molar-refractivity contribution in [1.29, 1.82) is 0 Å². The van der Waals surface area contributed by atoms with Crippen molar-refractivity contribution in [2.24, 2.45) is 0 Å². The Bertz CT molecular complexity index is 2040. The third kappa shape index (κ3) is 3.74. The van der Waals surface area contributed by atoms with Crippen LogP contribution >= 0.6 is 0 Å². The SMILES string of the molecule is CCCCCCOC(=O)[C@]1(O)CC2O[C@@]1(C)n1c3ccccc3c3c4c(c5c6cc(OCCCC)ccc6n2c5c31)C(=O)NC4. The summed E-state index contributed by atoms with van der Waals surface area (Å²) in [6.45, 7) is 7.31. The van der Waals surface area contributed by atoms with Gasteiger partial charge in [0, 0.05) is 34.5 Å². The first-order valence-corrected chi connectivity index (χ1v) is 16.4. The largest absolute Gasteiger partial charge is 0.494 e. The van der Waals surface area contributed by atoms with Gasteiger partial charge in [0.15, 0.2) is 5.72 Å². The van der Waals surface area contributed by atoms with Crippen LogP contribution in [-0.4, -0.2) is 44.9 Å². The number of carbonyl (C=O) groups excluding carboxylic acids is 2. The molecule has 1 fully saturated rings. The molecule has 5 aromatic rings. The number of esters is 1. The maximum Gasteiger partial charge on any atom is 0.343 e. The first kappa shape index (κ1) is 28.4. The number of fused-ring (bicyclic) bond motifs is 13. The summed E-state index contributed by atoms with van der Waals surface area (Å²) in [6.07, 6.45) is 5.14. The van der Waals surface area contributed by atoms with Gasteiger partial charge in [-0.25, -0.2) is 4.79 Å². The summed E-state index contributed by atoms with van der Waals surface area (Å²) in [5, 5.41) is 19.2. The Morgan fingerprint density at radius 1 is 1.00 bits per heavy atom. The monoisotopic (exact) mass is 609 g/mol. The maximum atomic E-state index is 13.9. The molecule has 1 amide bonds. The number of rotatable bonds is 10. The van der Waals surface area contributed by atoms with Crippen LogP contribution < -0.4 is 10.1 Å². The zero-order valence-electron chi connectivity index (χ0n) is 26.1. The number of hydrogen-bond donors (Lipinski definition) is 2. The van der Waals surface area contributed by atoms with E-state index in [0.717, 1.165) is 93.4 Å². The highest BCUT2D eigenvalue weighted by Crippen LogP contribution is 2.58. The van der Waals surface area contributed by atoms with E-state index in [1.807, 2.05) is 47.0 Å². The molecule has 0 spiro atoms. The van der Waals surface area contributed by atoms with E-state index in [4.69, 9.17) is 14.2 Å². The van der Waals surface area contributed by atoms with Crippen LogP contribution in [-0.2, 0) is 26.5 Å². The van der Waals surface area contributed by atoms with E-state index in [0.29, 0.717) is 18.7 Å². The fourth-order valence-electron chi connectivity index (χ4n) is 7.99. The lowest BCUT2D eigenvalue weighted by Gasteiger charge is -2.37. The molecule has 9 heteroatoms. The van der Waals surface area contributed by atoms with Gasteiger partial charge in [0.2, 0.25) is 5.60 Å². The van der Waals surface area contributed by atoms with Crippen molar-refractivity contribution in [3.63, 3.8) is 0 Å². The molecule has 0 saturated carbocycles. The summed E-state index contributed by atoms with van der Waals surface area (Å²) in [6, 6.07) is 13.9. The summed E-state index contributed by atoms with van der Waals surface area (Å²) in [5.41, 5.74) is 1.51. The zero-order valence-corrected chi connectivity index (χ0v) is 26.1. The quantitative estimate of drug-likeness (QED) is 0.134. The molecule has 1 unspecified atom stereocenters. The van der Waals surface area contributed by atoms with Crippen molar-refractivity contribution in [2.75, 3.05) is 13.2 Å². The number of aromatic nitrogens is 2. The molecular weight excluding hydrogens is 570 g/mol. The van der Waals surface area contributed by atoms with Gasteiger partial charge in [-0.1, -0.05) is 57.7 Å². The van der Waals surface area contributed by atoms with E-state index < -0.39 is 23.5 Å². The minimum atomic E-state index is -1.96. The van der Waals surface area contributed by atoms with Crippen LogP contribution in [0.5, 0.6) is 5.75 Å². The van der Waals surface area contributed by atoms with E-state index in [1.54, 1.807) is 6.92 Å². The number of nitrogens with zero attached hydrogens (tertiary/aromatic N) is 2. The Morgan fingerprint density at radius 2 is 1.82 bits per heavy atom. The summed E-state index contributed by atoms with van der Waals surface area (Å²) in [4.78, 5) is 27.6. The second-order valence-corrected chi connectivity index (χ2v) is 12.9. The molecule has 3 atom stereocenters. The molecule has 3 aromatic carbocycles. The smallest absolute Gasteiger partial charge is 0.343 e. The van der Waals surface area contributed by atoms with Crippen molar-refractivity contribution in [3.05, 3.63) is 53.6 Å². The number of ether oxygens (including phenoxy) is 3. The van der Waals surface area contributed by atoms with Gasteiger partial charge in [-0.15, -0.1) is 0 Å². The number of nitrogens with one attached hydrogen (secondary N) is 1. The third-order valence-electron chi connectivity index (χ3n) is 10.2. The molecular formula is C36H39N3O6. The number of unbranched alkanes of at least 4 members (excludes halogenated alkanes) is 4. The zero-order chi connectivity index (χ0) is 31.1. The van der Waals surface area contributed by atoms with Crippen molar-refractivity contribution >= 4 is 55.5 Å². The third-order valence-corrected chi connectivity index (χ3v) is 10.2. The van der Waals surface area contributed by atoms with E-state index in [1.165, 1.54) is 0 Å². The molecule has 3 aliphatic rings. The number of carbonyl (C=O) groups is 2. The lowest BCUT2D eigenvalue weighted by Crippen LogP contribution is -2.56. The Labute approximate surface area is 261 Å². The predicted molar refractivity (Wildman–Crippen MR) is 172 cm³/mol. The summed E-state index contributed by atoms with van der Waals surface area (Å²) < 4.78 is 22.9. The van der Waals surface area contributed by atoms with Gasteiger partial charge in [-0.3, -0.25) is 4.79 Å². The summed E-state index contributed by atoms with van der Waals surface area (Å²) in [7, 11) is 0. The number of aliphatic hydroxyl groups is 1. The number of hydrogen-bond acceptors (Lipinski definition) is 6. The van der Waals surface area contributed by atoms with E-state index >= 15 is 0 Å². The highest BCUT2D eigenvalue weighted by atomic mass is 16.6. The van der Waals surface area contributed by atoms with Gasteiger partial charge < -0.3 is 33.8 Å². The molecule has 234 valence electrons. The Balaban J connectivity index is 1.43. The van der Waals surface area contributed by atoms with Crippen molar-refractivity contribution in [1.82, 2.24) is 14.5 Å². The molecule has 2 bridgehead atoms. The molecule has 0 aliphatic carbocycles. The standard InChI is InChI=1S/C36H39N3O6/c1-4-6-8-11-17-44-34(41)36(42)19-27-38-25-15-14-21(43-16-7-5-2)18-23(25)29-30-24(20-37-33(30)40)28-22-12-9-10-13-26(22)39(32(28)31(29)38)35(36,3)45-27/h9-10,12-15,18,27,42H,4-8,11,16-17,19-20H2,1-3H3,(H,37,40)/t27?,35-,36-/m1/s1. The van der Waals surface area contributed by atoms with Crippen LogP contribution in [0.1, 0.15) is 87.9 Å². The Morgan fingerprint density at radius 3 is 2.64 bits per heavy atom. The maximum absolute atomic E-state index is 13.9. The summed E-state index contributed by atoms with van der Waals surface area (Å²) in [5.74, 6) is -0.0410. The first-order valence-electron chi connectivity index (χ1n) is 16.4. The van der Waals surface area contributed by atoms with Crippen LogP contribution in [0.4, 0.5) is 0 Å².